The zero-order valence-corrected chi connectivity index (χ0v) is 14.9. The molecule has 2 heterocycles. The molecular weight excluding hydrogens is 372 g/mol. The number of aromatic nitrogens is 4. The number of thioether (sulfide) groups is 1. The van der Waals surface area contributed by atoms with Crippen LogP contribution in [0.2, 0.25) is 0 Å². The Labute approximate surface area is 158 Å². The summed E-state index contributed by atoms with van der Waals surface area (Å²) in [6.07, 6.45) is 4.99. The number of nitrogens with zero attached hydrogens (tertiary/aromatic N) is 4. The monoisotopic (exact) mass is 387 g/mol. The molecule has 0 bridgehead atoms. The van der Waals surface area contributed by atoms with E-state index in [0.29, 0.717) is 17.5 Å². The van der Waals surface area contributed by atoms with E-state index in [-0.39, 0.29) is 5.75 Å². The third-order valence-electron chi connectivity index (χ3n) is 3.51. The van der Waals surface area contributed by atoms with Crippen molar-refractivity contribution in [3.63, 3.8) is 0 Å². The minimum absolute atomic E-state index is 0.0872. The molecule has 0 aliphatic rings. The third-order valence-corrected chi connectivity index (χ3v) is 4.47. The standard InChI is InChI=1S/C18H15F2N5OS/c1-2-9-25-17(12-5-4-8-21-10-12)23-24-18(25)27-11-15(26)22-16-13(19)6-3-7-14(16)20/h2-8,10H,1,9,11H2,(H,22,26). The fourth-order valence-corrected chi connectivity index (χ4v) is 3.07. The number of benzene rings is 1. The molecule has 0 spiro atoms. The first-order valence-electron chi connectivity index (χ1n) is 7.91. The lowest BCUT2D eigenvalue weighted by atomic mass is 10.3. The summed E-state index contributed by atoms with van der Waals surface area (Å²) in [6, 6.07) is 7.01. The van der Waals surface area contributed by atoms with Crippen LogP contribution < -0.4 is 5.32 Å². The second kappa shape index (κ2) is 8.54. The number of amides is 1. The maximum absolute atomic E-state index is 13.6. The lowest BCUT2D eigenvalue weighted by molar-refractivity contribution is -0.113. The van der Waals surface area contributed by atoms with Gasteiger partial charge in [-0.2, -0.15) is 0 Å². The summed E-state index contributed by atoms with van der Waals surface area (Å²) in [7, 11) is 0. The van der Waals surface area contributed by atoms with E-state index >= 15 is 0 Å². The Balaban J connectivity index is 1.73. The smallest absolute Gasteiger partial charge is 0.235 e. The minimum atomic E-state index is -0.831. The van der Waals surface area contributed by atoms with Gasteiger partial charge < -0.3 is 5.32 Å². The number of hydrogen-bond acceptors (Lipinski definition) is 5. The van der Waals surface area contributed by atoms with Gasteiger partial charge in [0.05, 0.1) is 5.75 Å². The molecular formula is C18H15F2N5OS. The predicted molar refractivity (Wildman–Crippen MR) is 99.2 cm³/mol. The number of hydrogen-bond donors (Lipinski definition) is 1. The Kier molecular flexibility index (Phi) is 5.92. The molecule has 0 atom stereocenters. The van der Waals surface area contributed by atoms with Gasteiger partial charge in [-0.25, -0.2) is 8.78 Å². The first-order valence-corrected chi connectivity index (χ1v) is 8.90. The first-order chi connectivity index (χ1) is 13.1. The molecule has 1 N–H and O–H groups in total. The Bertz CT molecular complexity index is 941. The van der Waals surface area contributed by atoms with Crippen molar-refractivity contribution in [1.82, 2.24) is 19.7 Å². The molecule has 1 aromatic carbocycles. The van der Waals surface area contributed by atoms with Crippen molar-refractivity contribution in [3.8, 4) is 11.4 Å². The van der Waals surface area contributed by atoms with Crippen molar-refractivity contribution in [1.29, 1.82) is 0 Å². The Morgan fingerprint density at radius 2 is 2.00 bits per heavy atom. The largest absolute Gasteiger partial charge is 0.320 e. The summed E-state index contributed by atoms with van der Waals surface area (Å²) < 4.78 is 29.0. The lowest BCUT2D eigenvalue weighted by Crippen LogP contribution is -2.16. The fourth-order valence-electron chi connectivity index (χ4n) is 2.32. The highest BCUT2D eigenvalue weighted by Crippen LogP contribution is 2.24. The van der Waals surface area contributed by atoms with Crippen molar-refractivity contribution in [2.45, 2.75) is 11.7 Å². The number of allylic oxidation sites excluding steroid dienone is 1. The van der Waals surface area contributed by atoms with Crippen LogP contribution in [0.25, 0.3) is 11.4 Å². The molecule has 3 aromatic rings. The number of nitrogens with one attached hydrogen (secondary N) is 1. The molecule has 0 saturated heterocycles. The van der Waals surface area contributed by atoms with Crippen LogP contribution in [0.5, 0.6) is 0 Å². The van der Waals surface area contributed by atoms with Crippen LogP contribution in [-0.4, -0.2) is 31.4 Å². The molecule has 0 aliphatic heterocycles. The van der Waals surface area contributed by atoms with Gasteiger partial charge in [-0.15, -0.1) is 16.8 Å². The van der Waals surface area contributed by atoms with E-state index in [2.05, 4.69) is 27.1 Å². The Morgan fingerprint density at radius 3 is 2.67 bits per heavy atom. The van der Waals surface area contributed by atoms with E-state index in [1.165, 1.54) is 6.07 Å². The SMILES string of the molecule is C=CCn1c(SCC(=O)Nc2c(F)cccc2F)nnc1-c1cccnc1. The zero-order valence-electron chi connectivity index (χ0n) is 14.1. The van der Waals surface area contributed by atoms with Crippen molar-refractivity contribution in [3.05, 3.63) is 67.0 Å². The van der Waals surface area contributed by atoms with Gasteiger partial charge in [0.1, 0.15) is 17.3 Å². The number of anilines is 1. The van der Waals surface area contributed by atoms with Crippen LogP contribution in [0, 0.1) is 11.6 Å². The molecule has 1 amide bonds. The predicted octanol–water partition coefficient (Wildman–Crippen LogP) is 3.54. The van der Waals surface area contributed by atoms with Gasteiger partial charge in [0, 0.05) is 24.5 Å². The average Bonchev–Trinajstić information content (AvgIpc) is 3.07. The number of halogens is 2. The second-order valence-electron chi connectivity index (χ2n) is 5.38. The van der Waals surface area contributed by atoms with Gasteiger partial charge in [0.25, 0.3) is 0 Å². The number of pyridine rings is 1. The van der Waals surface area contributed by atoms with Gasteiger partial charge in [-0.3, -0.25) is 14.3 Å². The molecule has 9 heteroatoms. The molecule has 0 unspecified atom stereocenters. The van der Waals surface area contributed by atoms with E-state index in [1.807, 2.05) is 6.07 Å². The number of para-hydroxylation sites is 1. The van der Waals surface area contributed by atoms with E-state index in [1.54, 1.807) is 29.1 Å². The maximum atomic E-state index is 13.6. The maximum Gasteiger partial charge on any atom is 0.235 e. The van der Waals surface area contributed by atoms with Gasteiger partial charge in [0.2, 0.25) is 5.91 Å². The van der Waals surface area contributed by atoms with Crippen molar-refractivity contribution < 1.29 is 13.6 Å². The summed E-state index contributed by atoms with van der Waals surface area (Å²) in [5, 5.41) is 11.0. The van der Waals surface area contributed by atoms with E-state index in [9.17, 15) is 13.6 Å². The van der Waals surface area contributed by atoms with Crippen LogP contribution in [0.15, 0.2) is 60.5 Å². The summed E-state index contributed by atoms with van der Waals surface area (Å²) in [5.74, 6) is -1.72. The van der Waals surface area contributed by atoms with Crippen LogP contribution in [0.3, 0.4) is 0 Å². The Hall–Kier alpha value is -3.07. The summed E-state index contributed by atoms with van der Waals surface area (Å²) in [5.41, 5.74) is 0.309. The van der Waals surface area contributed by atoms with Crippen LogP contribution in [-0.2, 0) is 11.3 Å². The normalized spacial score (nSPS) is 10.6. The highest BCUT2D eigenvalue weighted by Gasteiger charge is 2.16. The van der Waals surface area contributed by atoms with Gasteiger partial charge in [0.15, 0.2) is 11.0 Å². The number of carbonyl (C=O) groups is 1. The van der Waals surface area contributed by atoms with Crippen molar-refractivity contribution >= 4 is 23.4 Å². The fraction of sp³-hybridized carbons (Fsp3) is 0.111. The molecule has 138 valence electrons. The molecule has 27 heavy (non-hydrogen) atoms. The molecule has 0 aliphatic carbocycles. The molecule has 0 fully saturated rings. The summed E-state index contributed by atoms with van der Waals surface area (Å²) >= 11 is 1.11. The highest BCUT2D eigenvalue weighted by atomic mass is 32.2. The molecule has 2 aromatic heterocycles. The van der Waals surface area contributed by atoms with Crippen molar-refractivity contribution in [2.24, 2.45) is 0 Å². The lowest BCUT2D eigenvalue weighted by Gasteiger charge is -2.09. The van der Waals surface area contributed by atoms with E-state index in [0.717, 1.165) is 29.5 Å². The van der Waals surface area contributed by atoms with Gasteiger partial charge in [-0.1, -0.05) is 23.9 Å². The molecule has 3 rings (SSSR count). The summed E-state index contributed by atoms with van der Waals surface area (Å²) in [4.78, 5) is 16.1. The van der Waals surface area contributed by atoms with Gasteiger partial charge >= 0.3 is 0 Å². The van der Waals surface area contributed by atoms with Crippen LogP contribution in [0.1, 0.15) is 0 Å². The number of rotatable bonds is 7. The third kappa shape index (κ3) is 4.37. The second-order valence-corrected chi connectivity index (χ2v) is 6.32. The quantitative estimate of drug-likeness (QED) is 0.496. The van der Waals surface area contributed by atoms with E-state index in [4.69, 9.17) is 0 Å². The average molecular weight is 387 g/mol. The van der Waals surface area contributed by atoms with Crippen LogP contribution in [0.4, 0.5) is 14.5 Å². The first kappa shape index (κ1) is 18.7. The Morgan fingerprint density at radius 1 is 1.22 bits per heavy atom. The zero-order chi connectivity index (χ0) is 19.2. The van der Waals surface area contributed by atoms with Crippen LogP contribution >= 0.6 is 11.8 Å². The van der Waals surface area contributed by atoms with Gasteiger partial charge in [-0.05, 0) is 24.3 Å². The van der Waals surface area contributed by atoms with Crippen molar-refractivity contribution in [2.75, 3.05) is 11.1 Å². The van der Waals surface area contributed by atoms with E-state index < -0.39 is 23.2 Å². The number of carbonyl (C=O) groups excluding carboxylic acids is 1. The molecule has 6 nitrogen and oxygen atoms in total. The summed E-state index contributed by atoms with van der Waals surface area (Å²) in [6.45, 7) is 4.15. The molecule has 0 saturated carbocycles. The molecule has 0 radical (unpaired) electrons. The minimum Gasteiger partial charge on any atom is -0.320 e. The highest BCUT2D eigenvalue weighted by molar-refractivity contribution is 7.99. The topological polar surface area (TPSA) is 72.7 Å².